The van der Waals surface area contributed by atoms with E-state index in [1.165, 1.54) is 7.11 Å². The van der Waals surface area contributed by atoms with Crippen molar-refractivity contribution in [3.8, 4) is 5.75 Å². The Kier molecular flexibility index (Phi) is 5.97. The molecule has 0 bridgehead atoms. The van der Waals surface area contributed by atoms with Crippen molar-refractivity contribution in [2.24, 2.45) is 0 Å². The molecule has 0 aliphatic heterocycles. The van der Waals surface area contributed by atoms with Gasteiger partial charge in [0.1, 0.15) is 18.5 Å². The van der Waals surface area contributed by atoms with Gasteiger partial charge in [-0.3, -0.25) is 0 Å². The molecule has 0 fully saturated rings. The molecule has 0 heterocycles. The molecule has 1 unspecified atom stereocenters. The summed E-state index contributed by atoms with van der Waals surface area (Å²) < 4.78 is 10.2. The van der Waals surface area contributed by atoms with Gasteiger partial charge in [-0.15, -0.1) is 0 Å². The summed E-state index contributed by atoms with van der Waals surface area (Å²) in [6.45, 7) is 2.38. The van der Waals surface area contributed by atoms with Crippen LogP contribution in [0.15, 0.2) is 24.3 Å². The Labute approximate surface area is 102 Å². The largest absolute Gasteiger partial charge is 0.491 e. The Morgan fingerprint density at radius 3 is 2.29 bits per heavy atom. The van der Waals surface area contributed by atoms with Crippen LogP contribution in [0.2, 0.25) is 0 Å². The second-order valence-electron chi connectivity index (χ2n) is 3.91. The lowest BCUT2D eigenvalue weighted by Gasteiger charge is -2.12. The second-order valence-corrected chi connectivity index (χ2v) is 3.91. The quantitative estimate of drug-likeness (QED) is 0.758. The van der Waals surface area contributed by atoms with E-state index in [-0.39, 0.29) is 13.2 Å². The predicted octanol–water partition coefficient (Wildman–Crippen LogP) is 1.52. The van der Waals surface area contributed by atoms with Crippen LogP contribution in [0, 0.1) is 0 Å². The van der Waals surface area contributed by atoms with E-state index in [0.29, 0.717) is 12.2 Å². The Balaban J connectivity index is 2.45. The molecule has 0 saturated heterocycles. The molecule has 17 heavy (non-hydrogen) atoms. The first-order chi connectivity index (χ1) is 8.17. The summed E-state index contributed by atoms with van der Waals surface area (Å²) in [5.74, 6) is 0.673. The van der Waals surface area contributed by atoms with Crippen LogP contribution in [0.4, 0.5) is 0 Å². The molecule has 1 rings (SSSR count). The normalized spacial score (nSPS) is 14.4. The summed E-state index contributed by atoms with van der Waals surface area (Å²) in [4.78, 5) is 0. The van der Waals surface area contributed by atoms with Crippen molar-refractivity contribution in [2.75, 3.05) is 20.3 Å². The fourth-order valence-corrected chi connectivity index (χ4v) is 1.45. The molecule has 0 spiro atoms. The highest BCUT2D eigenvalue weighted by Crippen LogP contribution is 2.19. The molecule has 0 aliphatic rings. The van der Waals surface area contributed by atoms with Gasteiger partial charge >= 0.3 is 0 Å². The second kappa shape index (κ2) is 7.27. The topological polar surface area (TPSA) is 58.9 Å². The summed E-state index contributed by atoms with van der Waals surface area (Å²) in [6, 6.07) is 7.22. The zero-order valence-corrected chi connectivity index (χ0v) is 10.3. The Bertz CT molecular complexity index is 310. The summed E-state index contributed by atoms with van der Waals surface area (Å²) in [6.07, 6.45) is -0.365. The highest BCUT2D eigenvalue weighted by Gasteiger charge is 2.06. The number of aliphatic hydroxyl groups is 2. The molecule has 0 aromatic heterocycles. The Hall–Kier alpha value is -1.10. The number of rotatable bonds is 7. The van der Waals surface area contributed by atoms with Crippen LogP contribution in [-0.2, 0) is 4.74 Å². The average Bonchev–Trinajstić information content (AvgIpc) is 2.36. The van der Waals surface area contributed by atoms with Gasteiger partial charge in [0, 0.05) is 7.11 Å². The molecule has 0 radical (unpaired) electrons. The number of hydrogen-bond acceptors (Lipinski definition) is 4. The number of methoxy groups -OCH3 is 1. The maximum atomic E-state index is 9.61. The van der Waals surface area contributed by atoms with Gasteiger partial charge in [0.05, 0.1) is 12.7 Å². The number of aliphatic hydroxyl groups excluding tert-OH is 2. The molecular formula is C13H20O4. The van der Waals surface area contributed by atoms with Crippen molar-refractivity contribution >= 4 is 0 Å². The van der Waals surface area contributed by atoms with Crippen LogP contribution in [0.5, 0.6) is 5.75 Å². The van der Waals surface area contributed by atoms with Gasteiger partial charge < -0.3 is 19.7 Å². The molecule has 0 saturated carbocycles. The van der Waals surface area contributed by atoms with Gasteiger partial charge in [0.2, 0.25) is 0 Å². The van der Waals surface area contributed by atoms with Crippen LogP contribution in [0.25, 0.3) is 0 Å². The van der Waals surface area contributed by atoms with E-state index in [4.69, 9.17) is 9.47 Å². The third kappa shape index (κ3) is 4.73. The van der Waals surface area contributed by atoms with E-state index in [1.807, 2.05) is 19.1 Å². The lowest BCUT2D eigenvalue weighted by Crippen LogP contribution is -2.22. The molecule has 96 valence electrons. The van der Waals surface area contributed by atoms with Crippen molar-refractivity contribution < 1.29 is 19.7 Å². The van der Waals surface area contributed by atoms with Crippen molar-refractivity contribution in [2.45, 2.75) is 25.6 Å². The highest BCUT2D eigenvalue weighted by atomic mass is 16.5. The fourth-order valence-electron chi connectivity index (χ4n) is 1.45. The van der Waals surface area contributed by atoms with E-state index < -0.39 is 12.2 Å². The minimum atomic E-state index is -0.624. The average molecular weight is 240 g/mol. The van der Waals surface area contributed by atoms with Gasteiger partial charge in [-0.1, -0.05) is 19.1 Å². The van der Waals surface area contributed by atoms with Gasteiger partial charge in [-0.05, 0) is 24.1 Å². The minimum Gasteiger partial charge on any atom is -0.491 e. The van der Waals surface area contributed by atoms with E-state index in [1.54, 1.807) is 12.1 Å². The van der Waals surface area contributed by atoms with E-state index in [0.717, 1.165) is 5.56 Å². The smallest absolute Gasteiger partial charge is 0.119 e. The number of hydrogen-bond donors (Lipinski definition) is 2. The summed E-state index contributed by atoms with van der Waals surface area (Å²) in [5, 5.41) is 19.0. The van der Waals surface area contributed by atoms with Crippen LogP contribution in [0.1, 0.15) is 25.0 Å². The monoisotopic (exact) mass is 240 g/mol. The Morgan fingerprint density at radius 1 is 1.12 bits per heavy atom. The summed E-state index contributed by atoms with van der Waals surface area (Å²) >= 11 is 0. The molecule has 0 amide bonds. The van der Waals surface area contributed by atoms with Gasteiger partial charge in [0.25, 0.3) is 0 Å². The third-order valence-corrected chi connectivity index (χ3v) is 2.45. The Morgan fingerprint density at radius 2 is 1.76 bits per heavy atom. The molecule has 2 atom stereocenters. The third-order valence-electron chi connectivity index (χ3n) is 2.45. The predicted molar refractivity (Wildman–Crippen MR) is 65.1 cm³/mol. The zero-order valence-electron chi connectivity index (χ0n) is 10.3. The van der Waals surface area contributed by atoms with Crippen molar-refractivity contribution in [1.29, 1.82) is 0 Å². The first-order valence-electron chi connectivity index (χ1n) is 5.75. The van der Waals surface area contributed by atoms with Crippen LogP contribution >= 0.6 is 0 Å². The van der Waals surface area contributed by atoms with E-state index >= 15 is 0 Å². The van der Waals surface area contributed by atoms with E-state index in [9.17, 15) is 10.2 Å². The molecular weight excluding hydrogens is 220 g/mol. The minimum absolute atomic E-state index is 0.198. The first-order valence-corrected chi connectivity index (χ1v) is 5.75. The number of benzene rings is 1. The van der Waals surface area contributed by atoms with Gasteiger partial charge in [-0.25, -0.2) is 0 Å². The lowest BCUT2D eigenvalue weighted by molar-refractivity contribution is 0.0325. The van der Waals surface area contributed by atoms with Crippen LogP contribution in [-0.4, -0.2) is 36.6 Å². The molecule has 1 aromatic rings. The first kappa shape index (κ1) is 14.0. The summed E-state index contributed by atoms with van der Waals surface area (Å²) in [5.41, 5.74) is 0.872. The summed E-state index contributed by atoms with van der Waals surface area (Å²) in [7, 11) is 1.53. The van der Waals surface area contributed by atoms with Crippen molar-refractivity contribution in [3.63, 3.8) is 0 Å². The zero-order chi connectivity index (χ0) is 12.7. The highest BCUT2D eigenvalue weighted by molar-refractivity contribution is 5.28. The van der Waals surface area contributed by atoms with Gasteiger partial charge in [-0.2, -0.15) is 0 Å². The molecule has 4 nitrogen and oxygen atoms in total. The van der Waals surface area contributed by atoms with E-state index in [2.05, 4.69) is 0 Å². The fraction of sp³-hybridized carbons (Fsp3) is 0.538. The molecule has 1 aromatic carbocycles. The lowest BCUT2D eigenvalue weighted by atomic mass is 10.1. The van der Waals surface area contributed by atoms with Crippen molar-refractivity contribution in [1.82, 2.24) is 0 Å². The SMILES string of the molecule is CC[C@@H](O)c1ccc(OCC(O)COC)cc1. The number of ether oxygens (including phenoxy) is 2. The maximum Gasteiger partial charge on any atom is 0.119 e. The molecule has 2 N–H and O–H groups in total. The maximum absolute atomic E-state index is 9.61. The standard InChI is InChI=1S/C13H20O4/c1-3-13(15)10-4-6-12(7-5-10)17-9-11(14)8-16-2/h4-7,11,13-15H,3,8-9H2,1-2H3/t11?,13-/m1/s1. The van der Waals surface area contributed by atoms with Crippen LogP contribution < -0.4 is 4.74 Å². The molecule has 4 heteroatoms. The van der Waals surface area contributed by atoms with Crippen LogP contribution in [0.3, 0.4) is 0 Å². The van der Waals surface area contributed by atoms with Gasteiger partial charge in [0.15, 0.2) is 0 Å². The molecule has 0 aliphatic carbocycles. The van der Waals surface area contributed by atoms with Crippen molar-refractivity contribution in [3.05, 3.63) is 29.8 Å².